The number of para-hydroxylation sites is 1. The number of carbonyl (C=O) groups excluding carboxylic acids is 1. The lowest BCUT2D eigenvalue weighted by Crippen LogP contribution is -2.49. The summed E-state index contributed by atoms with van der Waals surface area (Å²) in [6, 6.07) is 14.2. The fourth-order valence-corrected chi connectivity index (χ4v) is 3.07. The number of hydrogen-bond acceptors (Lipinski definition) is 5. The Labute approximate surface area is 139 Å². The zero-order valence-electron chi connectivity index (χ0n) is 12.8. The van der Waals surface area contributed by atoms with E-state index in [-0.39, 0.29) is 12.5 Å². The van der Waals surface area contributed by atoms with E-state index in [0.717, 1.165) is 18.0 Å². The molecule has 0 bridgehead atoms. The molecule has 5 nitrogen and oxygen atoms in total. The van der Waals surface area contributed by atoms with Crippen LogP contribution in [0.15, 0.2) is 53.0 Å². The van der Waals surface area contributed by atoms with Crippen molar-refractivity contribution in [3.63, 3.8) is 0 Å². The van der Waals surface area contributed by atoms with Crippen molar-refractivity contribution in [3.05, 3.63) is 52.7 Å². The quantitative estimate of drug-likeness (QED) is 0.625. The second-order valence-electron chi connectivity index (χ2n) is 5.23. The summed E-state index contributed by atoms with van der Waals surface area (Å²) in [6.45, 7) is 3.10. The summed E-state index contributed by atoms with van der Waals surface area (Å²) in [5.41, 5.74) is 1.20. The molecule has 2 heterocycles. The molecule has 0 atom stereocenters. The van der Waals surface area contributed by atoms with E-state index in [1.54, 1.807) is 17.6 Å². The van der Waals surface area contributed by atoms with Crippen LogP contribution in [0, 0.1) is 0 Å². The minimum atomic E-state index is -0.0129. The van der Waals surface area contributed by atoms with Gasteiger partial charge >= 0.3 is 0 Å². The molecule has 1 aliphatic heterocycles. The van der Waals surface area contributed by atoms with E-state index >= 15 is 0 Å². The maximum Gasteiger partial charge on any atom is 0.263 e. The molecule has 2 aromatic rings. The Morgan fingerprint density at radius 3 is 2.61 bits per heavy atom. The number of anilines is 1. The average Bonchev–Trinajstić information content (AvgIpc) is 3.13. The highest BCUT2D eigenvalue weighted by Gasteiger charge is 2.21. The molecule has 0 radical (unpaired) electrons. The van der Waals surface area contributed by atoms with E-state index in [4.69, 9.17) is 4.84 Å². The number of benzene rings is 1. The second kappa shape index (κ2) is 7.78. The molecule has 1 aromatic heterocycles. The minimum Gasteiger partial charge on any atom is -0.386 e. The third kappa shape index (κ3) is 4.32. The van der Waals surface area contributed by atoms with Crippen LogP contribution >= 0.6 is 11.3 Å². The van der Waals surface area contributed by atoms with Gasteiger partial charge in [0.1, 0.15) is 0 Å². The topological polar surface area (TPSA) is 45.1 Å². The van der Waals surface area contributed by atoms with Crippen LogP contribution in [0.4, 0.5) is 5.69 Å². The number of thiophene rings is 1. The molecule has 23 heavy (non-hydrogen) atoms. The summed E-state index contributed by atoms with van der Waals surface area (Å²) >= 11 is 1.58. The molecule has 0 saturated carbocycles. The van der Waals surface area contributed by atoms with E-state index in [9.17, 15) is 4.79 Å². The van der Waals surface area contributed by atoms with E-state index in [1.807, 2.05) is 40.6 Å². The SMILES string of the molecule is O=C(CO/N=C\c1cccs1)N1CCN(c2ccccc2)CC1. The number of nitrogens with zero attached hydrogens (tertiary/aromatic N) is 3. The molecule has 120 valence electrons. The van der Waals surface area contributed by atoms with Gasteiger partial charge in [0.25, 0.3) is 5.91 Å². The van der Waals surface area contributed by atoms with Crippen molar-refractivity contribution in [1.82, 2.24) is 4.90 Å². The predicted molar refractivity (Wildman–Crippen MR) is 93.1 cm³/mol. The fourth-order valence-electron chi connectivity index (χ4n) is 2.49. The largest absolute Gasteiger partial charge is 0.386 e. The Balaban J connectivity index is 1.41. The van der Waals surface area contributed by atoms with Gasteiger partial charge in [0.2, 0.25) is 0 Å². The Hall–Kier alpha value is -2.34. The number of rotatable bonds is 5. The summed E-state index contributed by atoms with van der Waals surface area (Å²) in [5.74, 6) is -0.0129. The zero-order valence-corrected chi connectivity index (χ0v) is 13.6. The van der Waals surface area contributed by atoms with E-state index in [2.05, 4.69) is 22.2 Å². The van der Waals surface area contributed by atoms with Gasteiger partial charge in [-0.15, -0.1) is 11.3 Å². The molecule has 0 unspecified atom stereocenters. The fraction of sp³-hybridized carbons (Fsp3) is 0.294. The first-order valence-corrected chi connectivity index (χ1v) is 8.47. The van der Waals surface area contributed by atoms with Crippen LogP contribution in [0.5, 0.6) is 0 Å². The van der Waals surface area contributed by atoms with Crippen LogP contribution in [0.2, 0.25) is 0 Å². The lowest BCUT2D eigenvalue weighted by molar-refractivity contribution is -0.136. The van der Waals surface area contributed by atoms with Gasteiger partial charge in [0, 0.05) is 36.7 Å². The van der Waals surface area contributed by atoms with E-state index in [1.165, 1.54) is 5.69 Å². The Bertz CT molecular complexity index is 635. The summed E-state index contributed by atoms with van der Waals surface area (Å²) < 4.78 is 0. The summed E-state index contributed by atoms with van der Waals surface area (Å²) in [5, 5.41) is 5.81. The smallest absolute Gasteiger partial charge is 0.263 e. The van der Waals surface area contributed by atoms with Crippen LogP contribution in [0.25, 0.3) is 0 Å². The van der Waals surface area contributed by atoms with Crippen molar-refractivity contribution < 1.29 is 9.63 Å². The molecule has 6 heteroatoms. The molecule has 3 rings (SSSR count). The number of piperazine rings is 1. The average molecular weight is 329 g/mol. The molecule has 1 amide bonds. The first kappa shape index (κ1) is 15.6. The minimum absolute atomic E-state index is 0.00673. The van der Waals surface area contributed by atoms with Crippen molar-refractivity contribution in [3.8, 4) is 0 Å². The van der Waals surface area contributed by atoms with Crippen LogP contribution in [-0.4, -0.2) is 49.8 Å². The third-order valence-electron chi connectivity index (χ3n) is 3.74. The lowest BCUT2D eigenvalue weighted by Gasteiger charge is -2.35. The molecule has 0 N–H and O–H groups in total. The van der Waals surface area contributed by atoms with Crippen molar-refractivity contribution in [2.75, 3.05) is 37.7 Å². The van der Waals surface area contributed by atoms with Gasteiger partial charge in [-0.05, 0) is 23.6 Å². The summed E-state index contributed by atoms with van der Waals surface area (Å²) in [4.78, 5) is 22.4. The number of amides is 1. The molecule has 1 aliphatic rings. The molecule has 0 aliphatic carbocycles. The Morgan fingerprint density at radius 1 is 1.13 bits per heavy atom. The molecule has 1 saturated heterocycles. The van der Waals surface area contributed by atoms with E-state index in [0.29, 0.717) is 13.1 Å². The predicted octanol–water partition coefficient (Wildman–Crippen LogP) is 2.45. The van der Waals surface area contributed by atoms with Gasteiger partial charge in [-0.2, -0.15) is 0 Å². The first-order valence-electron chi connectivity index (χ1n) is 7.59. The van der Waals surface area contributed by atoms with Crippen LogP contribution in [0.3, 0.4) is 0 Å². The standard InChI is InChI=1S/C17H19N3O2S/c21-17(14-22-18-13-16-7-4-12-23-16)20-10-8-19(9-11-20)15-5-2-1-3-6-15/h1-7,12-13H,8-11,14H2/b18-13-. The van der Waals surface area contributed by atoms with Gasteiger partial charge in [-0.25, -0.2) is 0 Å². The van der Waals surface area contributed by atoms with Crippen molar-refractivity contribution in [1.29, 1.82) is 0 Å². The second-order valence-corrected chi connectivity index (χ2v) is 6.21. The van der Waals surface area contributed by atoms with Gasteiger partial charge in [0.05, 0.1) is 6.21 Å². The van der Waals surface area contributed by atoms with Crippen LogP contribution in [-0.2, 0) is 9.63 Å². The molecule has 1 aromatic carbocycles. The highest BCUT2D eigenvalue weighted by atomic mass is 32.1. The number of hydrogen-bond donors (Lipinski definition) is 0. The highest BCUT2D eigenvalue weighted by Crippen LogP contribution is 2.15. The maximum absolute atomic E-state index is 12.1. The normalized spacial score (nSPS) is 15.1. The zero-order chi connectivity index (χ0) is 15.9. The molecule has 0 spiro atoms. The maximum atomic E-state index is 12.1. The third-order valence-corrected chi connectivity index (χ3v) is 4.55. The van der Waals surface area contributed by atoms with Crippen LogP contribution in [0.1, 0.15) is 4.88 Å². The number of oxime groups is 1. The Morgan fingerprint density at radius 2 is 1.91 bits per heavy atom. The monoisotopic (exact) mass is 329 g/mol. The van der Waals surface area contributed by atoms with Gasteiger partial charge < -0.3 is 14.6 Å². The van der Waals surface area contributed by atoms with E-state index < -0.39 is 0 Å². The Kier molecular flexibility index (Phi) is 5.26. The van der Waals surface area contributed by atoms with Crippen LogP contribution < -0.4 is 4.90 Å². The first-order chi connectivity index (χ1) is 11.3. The lowest BCUT2D eigenvalue weighted by atomic mass is 10.2. The summed E-state index contributed by atoms with van der Waals surface area (Å²) in [6.07, 6.45) is 1.63. The highest BCUT2D eigenvalue weighted by molar-refractivity contribution is 7.11. The van der Waals surface area contributed by atoms with Gasteiger partial charge in [-0.1, -0.05) is 29.4 Å². The molecule has 1 fully saturated rings. The van der Waals surface area contributed by atoms with Crippen molar-refractivity contribution in [2.45, 2.75) is 0 Å². The number of carbonyl (C=O) groups is 1. The van der Waals surface area contributed by atoms with Gasteiger partial charge in [-0.3, -0.25) is 4.79 Å². The summed E-state index contributed by atoms with van der Waals surface area (Å²) in [7, 11) is 0. The molecular weight excluding hydrogens is 310 g/mol. The molecular formula is C17H19N3O2S. The van der Waals surface area contributed by atoms with Crippen molar-refractivity contribution >= 4 is 29.1 Å². The van der Waals surface area contributed by atoms with Crippen molar-refractivity contribution in [2.24, 2.45) is 5.16 Å². The van der Waals surface area contributed by atoms with Gasteiger partial charge in [0.15, 0.2) is 6.61 Å².